The number of aromatic hydroxyl groups is 1. The van der Waals surface area contributed by atoms with Crippen LogP contribution in [0.25, 0.3) is 0 Å². The summed E-state index contributed by atoms with van der Waals surface area (Å²) in [5.74, 6) is -0.338. The summed E-state index contributed by atoms with van der Waals surface area (Å²) in [6.45, 7) is -1.65. The Balaban J connectivity index is 2.87. The smallest absolute Gasteiger partial charge is 0.402 e. The van der Waals surface area contributed by atoms with Crippen LogP contribution in [0.4, 0.5) is 13.2 Å². The van der Waals surface area contributed by atoms with Crippen molar-refractivity contribution in [3.05, 3.63) is 24.3 Å². The Kier molecular flexibility index (Phi) is 3.44. The number of hydrogen-bond donors (Lipinski definition) is 2. The largest absolute Gasteiger partial charge is 0.508 e. The van der Waals surface area contributed by atoms with Crippen LogP contribution in [0.15, 0.2) is 29.2 Å². The first-order chi connectivity index (χ1) is 7.21. The van der Waals surface area contributed by atoms with E-state index in [1.807, 2.05) is 0 Å². The number of phenols is 1. The van der Waals surface area contributed by atoms with Gasteiger partial charge in [0.25, 0.3) is 0 Å². The van der Waals surface area contributed by atoms with Gasteiger partial charge >= 0.3 is 6.18 Å². The minimum absolute atomic E-state index is 0.338. The molecule has 4 nitrogen and oxygen atoms in total. The minimum Gasteiger partial charge on any atom is -0.508 e. The van der Waals surface area contributed by atoms with E-state index < -0.39 is 27.6 Å². The molecule has 0 aliphatic heterocycles. The molecule has 0 saturated heterocycles. The van der Waals surface area contributed by atoms with Gasteiger partial charge < -0.3 is 5.11 Å². The first kappa shape index (κ1) is 12.8. The van der Waals surface area contributed by atoms with Gasteiger partial charge in [0.1, 0.15) is 12.3 Å². The van der Waals surface area contributed by atoms with Gasteiger partial charge in [-0.1, -0.05) is 6.07 Å². The number of sulfonamides is 1. The molecule has 16 heavy (non-hydrogen) atoms. The van der Waals surface area contributed by atoms with Crippen LogP contribution in [0.2, 0.25) is 0 Å². The fraction of sp³-hybridized carbons (Fsp3) is 0.250. The van der Waals surface area contributed by atoms with Gasteiger partial charge in [0.2, 0.25) is 10.0 Å². The Labute approximate surface area is 89.8 Å². The number of rotatable bonds is 3. The zero-order chi connectivity index (χ0) is 12.4. The Morgan fingerprint density at radius 2 is 1.94 bits per heavy atom. The second-order valence-corrected chi connectivity index (χ2v) is 4.70. The van der Waals surface area contributed by atoms with Crippen LogP contribution in [0.3, 0.4) is 0 Å². The summed E-state index contributed by atoms with van der Waals surface area (Å²) in [4.78, 5) is -0.420. The lowest BCUT2D eigenvalue weighted by molar-refractivity contribution is -0.121. The van der Waals surface area contributed by atoms with Gasteiger partial charge in [-0.05, 0) is 18.2 Å². The number of benzene rings is 1. The molecule has 0 unspecified atom stereocenters. The third-order valence-corrected chi connectivity index (χ3v) is 2.99. The van der Waals surface area contributed by atoms with Crippen LogP contribution in [0.1, 0.15) is 0 Å². The van der Waals surface area contributed by atoms with E-state index in [4.69, 9.17) is 5.11 Å². The number of nitrogens with one attached hydrogen (secondary N) is 1. The maximum atomic E-state index is 11.8. The van der Waals surface area contributed by atoms with E-state index in [-0.39, 0.29) is 5.75 Å². The Morgan fingerprint density at radius 3 is 2.44 bits per heavy atom. The molecule has 0 saturated carbocycles. The molecule has 0 radical (unpaired) electrons. The quantitative estimate of drug-likeness (QED) is 0.853. The zero-order valence-corrected chi connectivity index (χ0v) is 8.64. The fourth-order valence-corrected chi connectivity index (χ4v) is 1.96. The topological polar surface area (TPSA) is 66.4 Å². The van der Waals surface area contributed by atoms with Crippen LogP contribution in [-0.2, 0) is 10.0 Å². The van der Waals surface area contributed by atoms with E-state index in [0.29, 0.717) is 0 Å². The maximum absolute atomic E-state index is 11.8. The van der Waals surface area contributed by atoms with Crippen molar-refractivity contribution in [2.45, 2.75) is 11.1 Å². The molecule has 0 heterocycles. The predicted octanol–water partition coefficient (Wildman–Crippen LogP) is 1.23. The molecule has 0 spiro atoms. The molecule has 1 aromatic rings. The lowest BCUT2D eigenvalue weighted by Crippen LogP contribution is -2.33. The summed E-state index contributed by atoms with van der Waals surface area (Å²) < 4.78 is 59.4. The molecule has 0 bridgehead atoms. The highest BCUT2D eigenvalue weighted by atomic mass is 32.2. The van der Waals surface area contributed by atoms with Crippen molar-refractivity contribution in [3.8, 4) is 5.75 Å². The van der Waals surface area contributed by atoms with E-state index in [2.05, 4.69) is 0 Å². The van der Waals surface area contributed by atoms with Crippen molar-refractivity contribution in [1.29, 1.82) is 0 Å². The highest BCUT2D eigenvalue weighted by Gasteiger charge is 2.30. The van der Waals surface area contributed by atoms with Gasteiger partial charge in [0.05, 0.1) is 4.90 Å². The summed E-state index contributed by atoms with van der Waals surface area (Å²) in [5, 5.41) is 8.99. The van der Waals surface area contributed by atoms with Crippen molar-refractivity contribution in [2.75, 3.05) is 6.54 Å². The van der Waals surface area contributed by atoms with Gasteiger partial charge in [-0.2, -0.15) is 13.2 Å². The molecule has 0 aliphatic carbocycles. The standard InChI is InChI=1S/C8H8F3NO3S/c9-8(10,11)5-12-16(14,15)7-3-1-2-6(13)4-7/h1-4,12-13H,5H2. The third kappa shape index (κ3) is 3.70. The summed E-state index contributed by atoms with van der Waals surface area (Å²) in [5.41, 5.74) is 0. The lowest BCUT2D eigenvalue weighted by Gasteiger charge is -2.09. The Bertz CT molecular complexity index is 470. The summed E-state index contributed by atoms with van der Waals surface area (Å²) in [6.07, 6.45) is -4.62. The van der Waals surface area contributed by atoms with Crippen LogP contribution < -0.4 is 4.72 Å². The molecule has 0 aromatic heterocycles. The van der Waals surface area contributed by atoms with Gasteiger partial charge in [-0.15, -0.1) is 0 Å². The molecule has 90 valence electrons. The van der Waals surface area contributed by atoms with Crippen molar-refractivity contribution in [1.82, 2.24) is 4.72 Å². The van der Waals surface area contributed by atoms with E-state index in [9.17, 15) is 21.6 Å². The molecular formula is C8H8F3NO3S. The molecule has 1 aromatic carbocycles. The SMILES string of the molecule is O=S(=O)(NCC(F)(F)F)c1cccc(O)c1. The van der Waals surface area contributed by atoms with Gasteiger partial charge in [0.15, 0.2) is 0 Å². The number of alkyl halides is 3. The van der Waals surface area contributed by atoms with Gasteiger partial charge in [-0.25, -0.2) is 13.1 Å². The second-order valence-electron chi connectivity index (χ2n) is 2.94. The second kappa shape index (κ2) is 4.30. The number of halogens is 3. The molecule has 0 amide bonds. The molecule has 0 aliphatic rings. The van der Waals surface area contributed by atoms with E-state index >= 15 is 0 Å². The minimum atomic E-state index is -4.62. The van der Waals surface area contributed by atoms with E-state index in [1.54, 1.807) is 0 Å². The van der Waals surface area contributed by atoms with Crippen molar-refractivity contribution in [3.63, 3.8) is 0 Å². The maximum Gasteiger partial charge on any atom is 0.402 e. The van der Waals surface area contributed by atoms with Crippen molar-refractivity contribution in [2.24, 2.45) is 0 Å². The molecule has 0 atom stereocenters. The first-order valence-electron chi connectivity index (χ1n) is 4.06. The highest BCUT2D eigenvalue weighted by molar-refractivity contribution is 7.89. The Hall–Kier alpha value is -1.28. The summed E-state index contributed by atoms with van der Waals surface area (Å²) in [6, 6.07) is 4.37. The average molecular weight is 255 g/mol. The van der Waals surface area contributed by atoms with Crippen LogP contribution in [0.5, 0.6) is 5.75 Å². The lowest BCUT2D eigenvalue weighted by atomic mass is 10.3. The highest BCUT2D eigenvalue weighted by Crippen LogP contribution is 2.17. The average Bonchev–Trinajstić information content (AvgIpc) is 2.14. The third-order valence-electron chi connectivity index (χ3n) is 1.59. The van der Waals surface area contributed by atoms with Gasteiger partial charge in [-0.3, -0.25) is 0 Å². The Morgan fingerprint density at radius 1 is 1.31 bits per heavy atom. The predicted molar refractivity (Wildman–Crippen MR) is 49.4 cm³/mol. The van der Waals surface area contributed by atoms with E-state index in [1.165, 1.54) is 16.9 Å². The monoisotopic (exact) mass is 255 g/mol. The summed E-state index contributed by atoms with van der Waals surface area (Å²) in [7, 11) is -4.25. The van der Waals surface area contributed by atoms with Crippen LogP contribution in [-0.4, -0.2) is 26.2 Å². The summed E-state index contributed by atoms with van der Waals surface area (Å²) >= 11 is 0. The molecular weight excluding hydrogens is 247 g/mol. The molecule has 8 heteroatoms. The molecule has 0 fully saturated rings. The number of phenolic OH excluding ortho intramolecular Hbond substituents is 1. The molecule has 2 N–H and O–H groups in total. The van der Waals surface area contributed by atoms with Crippen LogP contribution >= 0.6 is 0 Å². The van der Waals surface area contributed by atoms with E-state index in [0.717, 1.165) is 12.1 Å². The normalized spacial score (nSPS) is 12.7. The molecule has 1 rings (SSSR count). The van der Waals surface area contributed by atoms with Crippen molar-refractivity contribution >= 4 is 10.0 Å². The van der Waals surface area contributed by atoms with Crippen LogP contribution in [0, 0.1) is 0 Å². The number of hydrogen-bond acceptors (Lipinski definition) is 3. The van der Waals surface area contributed by atoms with Crippen molar-refractivity contribution < 1.29 is 26.7 Å². The zero-order valence-electron chi connectivity index (χ0n) is 7.82. The van der Waals surface area contributed by atoms with Gasteiger partial charge in [0, 0.05) is 0 Å². The fourth-order valence-electron chi connectivity index (χ4n) is 0.911. The first-order valence-corrected chi connectivity index (χ1v) is 5.54.